The van der Waals surface area contributed by atoms with Crippen LogP contribution in [0.15, 0.2) is 72.8 Å². The van der Waals surface area contributed by atoms with E-state index in [1.54, 1.807) is 25.1 Å². The first-order valence-corrected chi connectivity index (χ1v) is 11.6. The van der Waals surface area contributed by atoms with Crippen LogP contribution in [0.5, 0.6) is 0 Å². The van der Waals surface area contributed by atoms with Gasteiger partial charge in [0.1, 0.15) is 0 Å². The van der Waals surface area contributed by atoms with Gasteiger partial charge >= 0.3 is 11.9 Å². The topological polar surface area (TPSA) is 106 Å². The van der Waals surface area contributed by atoms with E-state index in [-0.39, 0.29) is 18.4 Å². The van der Waals surface area contributed by atoms with Crippen LogP contribution in [0.3, 0.4) is 0 Å². The van der Waals surface area contributed by atoms with Crippen LogP contribution < -0.4 is 16.0 Å². The number of amides is 1. The lowest BCUT2D eigenvalue weighted by molar-refractivity contribution is -0.142. The van der Waals surface area contributed by atoms with E-state index >= 15 is 0 Å². The largest absolute Gasteiger partial charge is 0.465 e. The Labute approximate surface area is 209 Å². The molecule has 8 nitrogen and oxygen atoms in total. The normalized spacial score (nSPS) is 13.4. The highest BCUT2D eigenvalue weighted by Crippen LogP contribution is 2.38. The third-order valence-corrected chi connectivity index (χ3v) is 5.62. The molecular formula is C28H27N3O5. The van der Waals surface area contributed by atoms with Gasteiger partial charge in [-0.3, -0.25) is 9.59 Å². The molecule has 0 unspecified atom stereocenters. The highest BCUT2D eigenvalue weighted by Gasteiger charge is 2.29. The van der Waals surface area contributed by atoms with Crippen LogP contribution in [0.1, 0.15) is 34.0 Å². The van der Waals surface area contributed by atoms with E-state index in [2.05, 4.69) is 16.0 Å². The molecule has 36 heavy (non-hydrogen) atoms. The predicted octanol–water partition coefficient (Wildman–Crippen LogP) is 4.06. The molecule has 3 N–H and O–H groups in total. The Morgan fingerprint density at radius 3 is 2.39 bits per heavy atom. The van der Waals surface area contributed by atoms with Crippen molar-refractivity contribution in [2.75, 3.05) is 30.9 Å². The van der Waals surface area contributed by atoms with Gasteiger partial charge in [-0.15, -0.1) is 0 Å². The number of carbonyl (C=O) groups excluding carboxylic acids is 3. The summed E-state index contributed by atoms with van der Waals surface area (Å²) in [6, 6.07) is 22.3. The molecule has 1 heterocycles. The Bertz CT molecular complexity index is 1300. The summed E-state index contributed by atoms with van der Waals surface area (Å²) in [5.74, 6) is -1.02. The number of ether oxygens (including phenoxy) is 2. The Morgan fingerprint density at radius 2 is 1.69 bits per heavy atom. The summed E-state index contributed by atoms with van der Waals surface area (Å²) in [4.78, 5) is 36.5. The Balaban J connectivity index is 1.62. The quantitative estimate of drug-likeness (QED) is 0.310. The van der Waals surface area contributed by atoms with Crippen molar-refractivity contribution in [1.82, 2.24) is 5.32 Å². The minimum atomic E-state index is -0.470. The molecule has 0 spiro atoms. The molecule has 4 rings (SSSR count). The van der Waals surface area contributed by atoms with Crippen molar-refractivity contribution in [3.05, 3.63) is 95.1 Å². The van der Waals surface area contributed by atoms with E-state index in [0.717, 1.165) is 16.8 Å². The van der Waals surface area contributed by atoms with Crippen LogP contribution in [0.2, 0.25) is 0 Å². The van der Waals surface area contributed by atoms with Gasteiger partial charge < -0.3 is 25.4 Å². The van der Waals surface area contributed by atoms with Crippen LogP contribution in [0, 0.1) is 0 Å². The number of carbonyl (C=O) groups is 3. The maximum atomic E-state index is 13.1. The molecule has 1 aliphatic heterocycles. The number of fused-ring (bicyclic) bond motifs is 1. The molecule has 1 aliphatic rings. The summed E-state index contributed by atoms with van der Waals surface area (Å²) < 4.78 is 9.72. The van der Waals surface area contributed by atoms with E-state index in [1.807, 2.05) is 54.6 Å². The summed E-state index contributed by atoms with van der Waals surface area (Å²) in [6.45, 7) is 2.79. The first-order chi connectivity index (χ1) is 17.5. The first kappa shape index (κ1) is 24.7. The fourth-order valence-corrected chi connectivity index (χ4v) is 3.92. The molecule has 3 aromatic carbocycles. The molecule has 0 fully saturated rings. The lowest BCUT2D eigenvalue weighted by Gasteiger charge is -2.15. The second kappa shape index (κ2) is 11.3. The van der Waals surface area contributed by atoms with Crippen LogP contribution in [0.25, 0.3) is 11.3 Å². The molecule has 0 saturated heterocycles. The third kappa shape index (κ3) is 5.61. The number of rotatable bonds is 9. The SMILES string of the molecule is CCOC(=O)CNCc1ccc(N/C(=C2\C(=O)Nc3cc(C(=O)OC)ccc32)c2ccccc2)cc1. The molecule has 0 aromatic heterocycles. The third-order valence-electron chi connectivity index (χ3n) is 5.62. The average Bonchev–Trinajstić information content (AvgIpc) is 3.23. The molecule has 8 heteroatoms. The zero-order chi connectivity index (χ0) is 25.5. The standard InChI is InChI=1S/C28H27N3O5/c1-3-36-24(32)17-29-16-18-9-12-21(13-10-18)30-26(19-7-5-4-6-8-19)25-22-14-11-20(28(34)35-2)15-23(22)31-27(25)33/h4-15,29-30H,3,16-17H2,1-2H3,(H,31,33)/b26-25-. The molecule has 0 saturated carbocycles. The molecular weight excluding hydrogens is 458 g/mol. The van der Waals surface area contributed by atoms with Crippen molar-refractivity contribution in [3.8, 4) is 0 Å². The first-order valence-electron chi connectivity index (χ1n) is 11.6. The van der Waals surface area contributed by atoms with Crippen molar-refractivity contribution >= 4 is 40.5 Å². The van der Waals surface area contributed by atoms with Crippen LogP contribution >= 0.6 is 0 Å². The number of methoxy groups -OCH3 is 1. The Morgan fingerprint density at radius 1 is 0.944 bits per heavy atom. The number of benzene rings is 3. The second-order valence-electron chi connectivity index (χ2n) is 8.05. The maximum Gasteiger partial charge on any atom is 0.337 e. The summed E-state index contributed by atoms with van der Waals surface area (Å²) in [5.41, 5.74) is 5.36. The smallest absolute Gasteiger partial charge is 0.337 e. The van der Waals surface area contributed by atoms with Crippen molar-refractivity contribution in [2.45, 2.75) is 13.5 Å². The summed E-state index contributed by atoms with van der Waals surface area (Å²) in [7, 11) is 1.32. The molecule has 0 atom stereocenters. The van der Waals surface area contributed by atoms with Crippen LogP contribution in [-0.4, -0.2) is 38.1 Å². The molecule has 1 amide bonds. The van der Waals surface area contributed by atoms with E-state index < -0.39 is 5.97 Å². The molecule has 184 valence electrons. The fraction of sp³-hybridized carbons (Fsp3) is 0.179. The zero-order valence-electron chi connectivity index (χ0n) is 20.1. The lowest BCUT2D eigenvalue weighted by Crippen LogP contribution is -2.24. The zero-order valence-corrected chi connectivity index (χ0v) is 20.1. The minimum Gasteiger partial charge on any atom is -0.465 e. The van der Waals surface area contributed by atoms with Crippen molar-refractivity contribution in [2.24, 2.45) is 0 Å². The Hall–Kier alpha value is -4.43. The molecule has 3 aromatic rings. The highest BCUT2D eigenvalue weighted by atomic mass is 16.5. The van der Waals surface area contributed by atoms with Crippen molar-refractivity contribution in [3.63, 3.8) is 0 Å². The minimum absolute atomic E-state index is 0.143. The Kier molecular flexibility index (Phi) is 7.77. The van der Waals surface area contributed by atoms with Crippen molar-refractivity contribution in [1.29, 1.82) is 0 Å². The fourth-order valence-electron chi connectivity index (χ4n) is 3.92. The van der Waals surface area contributed by atoms with Gasteiger partial charge in [-0.25, -0.2) is 4.79 Å². The summed E-state index contributed by atoms with van der Waals surface area (Å²) in [5, 5.41) is 9.33. The van der Waals surface area contributed by atoms with Gasteiger partial charge in [0.15, 0.2) is 0 Å². The van der Waals surface area contributed by atoms with E-state index in [0.29, 0.717) is 41.2 Å². The number of hydrogen-bond acceptors (Lipinski definition) is 7. The average molecular weight is 486 g/mol. The number of nitrogens with one attached hydrogen (secondary N) is 3. The number of esters is 2. The summed E-state index contributed by atoms with van der Waals surface area (Å²) in [6.07, 6.45) is 0. The van der Waals surface area contributed by atoms with Gasteiger partial charge in [0.05, 0.1) is 42.8 Å². The maximum absolute atomic E-state index is 13.1. The van der Waals surface area contributed by atoms with Crippen LogP contribution in [0.4, 0.5) is 11.4 Å². The van der Waals surface area contributed by atoms with E-state index in [1.165, 1.54) is 7.11 Å². The molecule has 0 bridgehead atoms. The second-order valence-corrected chi connectivity index (χ2v) is 8.05. The lowest BCUT2D eigenvalue weighted by atomic mass is 9.99. The highest BCUT2D eigenvalue weighted by molar-refractivity contribution is 6.37. The van der Waals surface area contributed by atoms with Gasteiger partial charge in [0.2, 0.25) is 0 Å². The predicted molar refractivity (Wildman–Crippen MR) is 138 cm³/mol. The van der Waals surface area contributed by atoms with Gasteiger partial charge in [0, 0.05) is 17.8 Å². The van der Waals surface area contributed by atoms with Gasteiger partial charge in [0.25, 0.3) is 5.91 Å². The number of anilines is 2. The molecule has 0 radical (unpaired) electrons. The monoisotopic (exact) mass is 485 g/mol. The van der Waals surface area contributed by atoms with Crippen molar-refractivity contribution < 1.29 is 23.9 Å². The number of hydrogen-bond donors (Lipinski definition) is 3. The van der Waals surface area contributed by atoms with Crippen LogP contribution in [-0.2, 0) is 25.6 Å². The van der Waals surface area contributed by atoms with E-state index in [9.17, 15) is 14.4 Å². The van der Waals surface area contributed by atoms with Gasteiger partial charge in [-0.1, -0.05) is 48.5 Å². The van der Waals surface area contributed by atoms with Gasteiger partial charge in [-0.2, -0.15) is 0 Å². The summed E-state index contributed by atoms with van der Waals surface area (Å²) >= 11 is 0. The van der Waals surface area contributed by atoms with Gasteiger partial charge in [-0.05, 0) is 42.3 Å². The van der Waals surface area contributed by atoms with E-state index in [4.69, 9.17) is 9.47 Å². The molecule has 0 aliphatic carbocycles.